The number of halogens is 3. The van der Waals surface area contributed by atoms with Gasteiger partial charge in [-0.15, -0.1) is 0 Å². The van der Waals surface area contributed by atoms with Gasteiger partial charge in [0.25, 0.3) is 0 Å². The van der Waals surface area contributed by atoms with Gasteiger partial charge in [-0.2, -0.15) is 13.2 Å². The Kier molecular flexibility index (Phi) is 5.87. The summed E-state index contributed by atoms with van der Waals surface area (Å²) in [7, 11) is 0. The Hall–Kier alpha value is -1.27. The largest absolute Gasteiger partial charge is 0.494 e. The fourth-order valence-corrected chi connectivity index (χ4v) is 1.79. The van der Waals surface area contributed by atoms with E-state index in [1.807, 2.05) is 24.3 Å². The van der Waals surface area contributed by atoms with E-state index in [0.717, 1.165) is 12.3 Å². The highest BCUT2D eigenvalue weighted by Gasteiger charge is 2.27. The number of nitrogens with one attached hydrogen (secondary N) is 1. The molecule has 1 aromatic carbocycles. The molecule has 0 spiro atoms. The standard InChI is InChI=1S/C15H20F3NO2/c16-15(17,18)11-20-8-1-9-21-14-6-2-12(3-7-14)10-19-13-4-5-13/h2-3,6-7,13,19H,1,4-5,8-11H2. The Morgan fingerprint density at radius 2 is 1.81 bits per heavy atom. The summed E-state index contributed by atoms with van der Waals surface area (Å²) in [6.45, 7) is 0.0480. The van der Waals surface area contributed by atoms with Crippen molar-refractivity contribution in [3.05, 3.63) is 29.8 Å². The van der Waals surface area contributed by atoms with Gasteiger partial charge < -0.3 is 14.8 Å². The molecular formula is C15H20F3NO2. The molecule has 0 atom stereocenters. The van der Waals surface area contributed by atoms with E-state index >= 15 is 0 Å². The molecule has 0 amide bonds. The molecule has 2 rings (SSSR count). The molecule has 1 N–H and O–H groups in total. The summed E-state index contributed by atoms with van der Waals surface area (Å²) in [6, 6.07) is 8.41. The summed E-state index contributed by atoms with van der Waals surface area (Å²) in [5, 5.41) is 3.42. The molecule has 1 fully saturated rings. The van der Waals surface area contributed by atoms with Gasteiger partial charge in [-0.3, -0.25) is 0 Å². The average molecular weight is 303 g/mol. The predicted octanol–water partition coefficient (Wildman–Crippen LogP) is 3.29. The summed E-state index contributed by atoms with van der Waals surface area (Å²) in [5.74, 6) is 0.723. The number of ether oxygens (including phenoxy) is 2. The summed E-state index contributed by atoms with van der Waals surface area (Å²) in [4.78, 5) is 0. The van der Waals surface area contributed by atoms with Gasteiger partial charge in [0.2, 0.25) is 0 Å². The van der Waals surface area contributed by atoms with Crippen LogP contribution in [0.3, 0.4) is 0 Å². The van der Waals surface area contributed by atoms with Crippen LogP contribution in [0.2, 0.25) is 0 Å². The van der Waals surface area contributed by atoms with E-state index in [-0.39, 0.29) is 6.61 Å². The maximum atomic E-state index is 11.8. The summed E-state index contributed by atoms with van der Waals surface area (Å²) in [6.07, 6.45) is -1.30. The lowest BCUT2D eigenvalue weighted by Crippen LogP contribution is -2.18. The maximum absolute atomic E-state index is 11.8. The number of hydrogen-bond donors (Lipinski definition) is 1. The molecule has 1 saturated carbocycles. The molecule has 21 heavy (non-hydrogen) atoms. The SMILES string of the molecule is FC(F)(F)COCCCOc1ccc(CNC2CC2)cc1. The van der Waals surface area contributed by atoms with E-state index in [0.29, 0.717) is 19.1 Å². The molecule has 0 unspecified atom stereocenters. The van der Waals surface area contributed by atoms with Crippen molar-refractivity contribution in [2.24, 2.45) is 0 Å². The minimum atomic E-state index is -4.26. The Labute approximate surface area is 122 Å². The molecule has 118 valence electrons. The van der Waals surface area contributed by atoms with Crippen LogP contribution in [0.5, 0.6) is 5.75 Å². The molecule has 1 aliphatic rings. The van der Waals surface area contributed by atoms with Crippen LogP contribution < -0.4 is 10.1 Å². The van der Waals surface area contributed by atoms with Gasteiger partial charge in [0.1, 0.15) is 12.4 Å². The normalized spacial score (nSPS) is 15.2. The summed E-state index contributed by atoms with van der Waals surface area (Å²) >= 11 is 0. The van der Waals surface area contributed by atoms with Crippen LogP contribution in [0.15, 0.2) is 24.3 Å². The molecule has 1 aliphatic carbocycles. The molecule has 0 heterocycles. The highest BCUT2D eigenvalue weighted by Crippen LogP contribution is 2.20. The van der Waals surface area contributed by atoms with Crippen LogP contribution in [0, 0.1) is 0 Å². The maximum Gasteiger partial charge on any atom is 0.411 e. The molecule has 0 aliphatic heterocycles. The first-order chi connectivity index (χ1) is 10.0. The van der Waals surface area contributed by atoms with Gasteiger partial charge in [0.05, 0.1) is 13.2 Å². The second kappa shape index (κ2) is 7.66. The molecule has 3 nitrogen and oxygen atoms in total. The Bertz CT molecular complexity index is 416. The first kappa shape index (κ1) is 16.1. The van der Waals surface area contributed by atoms with E-state index in [9.17, 15) is 13.2 Å². The van der Waals surface area contributed by atoms with Gasteiger partial charge >= 0.3 is 6.18 Å². The quantitative estimate of drug-likeness (QED) is 0.710. The molecule has 0 saturated heterocycles. The molecule has 0 radical (unpaired) electrons. The minimum absolute atomic E-state index is 0.0445. The number of alkyl halides is 3. The number of hydrogen-bond acceptors (Lipinski definition) is 3. The van der Waals surface area contributed by atoms with E-state index in [4.69, 9.17) is 4.74 Å². The Morgan fingerprint density at radius 3 is 2.43 bits per heavy atom. The monoisotopic (exact) mass is 303 g/mol. The lowest BCUT2D eigenvalue weighted by Gasteiger charge is -2.09. The lowest BCUT2D eigenvalue weighted by molar-refractivity contribution is -0.174. The minimum Gasteiger partial charge on any atom is -0.494 e. The van der Waals surface area contributed by atoms with Gasteiger partial charge in [0, 0.05) is 19.0 Å². The van der Waals surface area contributed by atoms with Crippen molar-refractivity contribution in [3.63, 3.8) is 0 Å². The lowest BCUT2D eigenvalue weighted by atomic mass is 10.2. The highest BCUT2D eigenvalue weighted by molar-refractivity contribution is 5.27. The van der Waals surface area contributed by atoms with Crippen molar-refractivity contribution in [1.29, 1.82) is 0 Å². The van der Waals surface area contributed by atoms with Crippen LogP contribution >= 0.6 is 0 Å². The average Bonchev–Trinajstić information content (AvgIpc) is 3.25. The zero-order valence-electron chi connectivity index (χ0n) is 11.8. The number of benzene rings is 1. The fourth-order valence-electron chi connectivity index (χ4n) is 1.79. The third-order valence-electron chi connectivity index (χ3n) is 3.06. The van der Waals surface area contributed by atoms with Crippen LogP contribution in [0.25, 0.3) is 0 Å². The van der Waals surface area contributed by atoms with Crippen molar-refractivity contribution in [2.45, 2.75) is 38.0 Å². The third kappa shape index (κ3) is 7.34. The van der Waals surface area contributed by atoms with Crippen molar-refractivity contribution in [2.75, 3.05) is 19.8 Å². The second-order valence-corrected chi connectivity index (χ2v) is 5.17. The predicted molar refractivity (Wildman–Crippen MR) is 73.3 cm³/mol. The van der Waals surface area contributed by atoms with E-state index in [2.05, 4.69) is 10.1 Å². The van der Waals surface area contributed by atoms with Gasteiger partial charge in [-0.1, -0.05) is 12.1 Å². The van der Waals surface area contributed by atoms with E-state index < -0.39 is 12.8 Å². The Balaban J connectivity index is 1.55. The highest BCUT2D eigenvalue weighted by atomic mass is 19.4. The zero-order chi connectivity index (χ0) is 15.1. The van der Waals surface area contributed by atoms with Gasteiger partial charge in [-0.25, -0.2) is 0 Å². The topological polar surface area (TPSA) is 30.5 Å². The third-order valence-corrected chi connectivity index (χ3v) is 3.06. The van der Waals surface area contributed by atoms with E-state index in [1.165, 1.54) is 18.4 Å². The molecule has 6 heteroatoms. The second-order valence-electron chi connectivity index (χ2n) is 5.17. The first-order valence-corrected chi connectivity index (χ1v) is 7.12. The van der Waals surface area contributed by atoms with Gasteiger partial charge in [-0.05, 0) is 30.5 Å². The molecule has 0 aromatic heterocycles. The van der Waals surface area contributed by atoms with Crippen LogP contribution in [-0.4, -0.2) is 32.0 Å². The van der Waals surface area contributed by atoms with E-state index in [1.54, 1.807) is 0 Å². The molecule has 0 bridgehead atoms. The van der Waals surface area contributed by atoms with Gasteiger partial charge in [0.15, 0.2) is 0 Å². The summed E-state index contributed by atoms with van der Waals surface area (Å²) < 4.78 is 45.4. The van der Waals surface area contributed by atoms with Crippen molar-refractivity contribution < 1.29 is 22.6 Å². The Morgan fingerprint density at radius 1 is 1.10 bits per heavy atom. The fraction of sp³-hybridized carbons (Fsp3) is 0.600. The van der Waals surface area contributed by atoms with Crippen LogP contribution in [0.4, 0.5) is 13.2 Å². The van der Waals surface area contributed by atoms with Crippen molar-refractivity contribution in [1.82, 2.24) is 5.32 Å². The number of rotatable bonds is 9. The van der Waals surface area contributed by atoms with Crippen LogP contribution in [-0.2, 0) is 11.3 Å². The smallest absolute Gasteiger partial charge is 0.411 e. The summed E-state index contributed by atoms with van der Waals surface area (Å²) in [5.41, 5.74) is 1.20. The first-order valence-electron chi connectivity index (χ1n) is 7.12. The molecular weight excluding hydrogens is 283 g/mol. The van der Waals surface area contributed by atoms with Crippen LogP contribution in [0.1, 0.15) is 24.8 Å². The zero-order valence-corrected chi connectivity index (χ0v) is 11.8. The van der Waals surface area contributed by atoms with Crippen molar-refractivity contribution in [3.8, 4) is 5.75 Å². The molecule has 1 aromatic rings. The van der Waals surface area contributed by atoms with Crippen molar-refractivity contribution >= 4 is 0 Å².